The number of carbonyl (C=O) groups is 2. The summed E-state index contributed by atoms with van der Waals surface area (Å²) < 4.78 is 5.56. The molecule has 4 aromatic rings. The molecule has 6 rings (SSSR count). The molecule has 1 saturated heterocycles. The van der Waals surface area contributed by atoms with Crippen LogP contribution in [0.2, 0.25) is 0 Å². The zero-order chi connectivity index (χ0) is 23.4. The van der Waals surface area contributed by atoms with Crippen molar-refractivity contribution in [3.63, 3.8) is 0 Å². The Morgan fingerprint density at radius 2 is 1.91 bits per heavy atom. The summed E-state index contributed by atoms with van der Waals surface area (Å²) in [6.07, 6.45) is 0.727. The third-order valence-electron chi connectivity index (χ3n) is 6.38. The van der Waals surface area contributed by atoms with Gasteiger partial charge in [-0.1, -0.05) is 36.4 Å². The number of ketones is 1. The van der Waals surface area contributed by atoms with E-state index in [1.54, 1.807) is 12.1 Å². The van der Waals surface area contributed by atoms with Gasteiger partial charge in [-0.25, -0.2) is 4.98 Å². The first-order valence-electron chi connectivity index (χ1n) is 11.1. The topological polar surface area (TPSA) is 95.5 Å². The number of nitrogens with one attached hydrogen (secondary N) is 1. The minimum Gasteiger partial charge on any atom is -0.507 e. The highest BCUT2D eigenvalue weighted by atomic mass is 16.5. The van der Waals surface area contributed by atoms with Gasteiger partial charge in [0.2, 0.25) is 5.95 Å². The smallest absolute Gasteiger partial charge is 0.302 e. The van der Waals surface area contributed by atoms with Crippen LogP contribution < -0.4 is 9.64 Å². The summed E-state index contributed by atoms with van der Waals surface area (Å²) in [5.41, 5.74) is 4.67. The molecule has 0 bridgehead atoms. The molecule has 1 unspecified atom stereocenters. The number of Topliss-reactive ketones (excluding diaryl/α,β-unsaturated/α-hetero) is 1. The maximum absolute atomic E-state index is 13.3. The average Bonchev–Trinajstić information content (AvgIpc) is 3.55. The highest BCUT2D eigenvalue weighted by Gasteiger charge is 2.48. The van der Waals surface area contributed by atoms with E-state index in [1.807, 2.05) is 61.5 Å². The number of fused-ring (bicyclic) bond motifs is 2. The van der Waals surface area contributed by atoms with E-state index >= 15 is 0 Å². The van der Waals surface area contributed by atoms with Gasteiger partial charge < -0.3 is 14.8 Å². The van der Waals surface area contributed by atoms with E-state index in [-0.39, 0.29) is 17.3 Å². The first kappa shape index (κ1) is 20.2. The number of aromatic amines is 1. The van der Waals surface area contributed by atoms with Crippen LogP contribution in [0, 0.1) is 6.92 Å². The molecule has 0 radical (unpaired) electrons. The van der Waals surface area contributed by atoms with Crippen molar-refractivity contribution in [2.45, 2.75) is 19.4 Å². The van der Waals surface area contributed by atoms with E-state index in [4.69, 9.17) is 4.74 Å². The van der Waals surface area contributed by atoms with Gasteiger partial charge in [0, 0.05) is 12.0 Å². The molecule has 7 heteroatoms. The Kier molecular flexibility index (Phi) is 4.52. The van der Waals surface area contributed by atoms with E-state index in [9.17, 15) is 14.7 Å². The number of hydrogen-bond acceptors (Lipinski definition) is 5. The Bertz CT molecular complexity index is 1500. The summed E-state index contributed by atoms with van der Waals surface area (Å²) in [6.45, 7) is 2.55. The number of benzene rings is 3. The van der Waals surface area contributed by atoms with Gasteiger partial charge >= 0.3 is 5.91 Å². The van der Waals surface area contributed by atoms with Crippen LogP contribution in [0.15, 0.2) is 72.3 Å². The minimum absolute atomic E-state index is 0.0340. The Morgan fingerprint density at radius 3 is 2.74 bits per heavy atom. The van der Waals surface area contributed by atoms with Crippen molar-refractivity contribution in [3.8, 4) is 5.75 Å². The van der Waals surface area contributed by atoms with Crippen molar-refractivity contribution in [1.82, 2.24) is 9.97 Å². The lowest BCUT2D eigenvalue weighted by Crippen LogP contribution is -2.30. The van der Waals surface area contributed by atoms with Gasteiger partial charge in [-0.05, 0) is 53.9 Å². The van der Waals surface area contributed by atoms with Gasteiger partial charge in [0.25, 0.3) is 5.78 Å². The molecule has 3 heterocycles. The molecule has 1 amide bonds. The molecule has 2 N–H and O–H groups in total. The highest BCUT2D eigenvalue weighted by molar-refractivity contribution is 6.51. The molecule has 168 valence electrons. The van der Waals surface area contributed by atoms with E-state index < -0.39 is 17.7 Å². The summed E-state index contributed by atoms with van der Waals surface area (Å²) in [7, 11) is 0. The number of anilines is 1. The average molecular weight is 451 g/mol. The number of nitrogens with zero attached hydrogens (tertiary/aromatic N) is 2. The molecule has 3 aromatic carbocycles. The zero-order valence-corrected chi connectivity index (χ0v) is 18.4. The minimum atomic E-state index is -0.827. The van der Waals surface area contributed by atoms with Crippen LogP contribution in [0.4, 0.5) is 5.95 Å². The summed E-state index contributed by atoms with van der Waals surface area (Å²) in [5.74, 6) is -0.668. The Labute approximate surface area is 195 Å². The Hall–Kier alpha value is -4.39. The Balaban J connectivity index is 1.54. The normalized spacial score (nSPS) is 19.0. The van der Waals surface area contributed by atoms with Crippen molar-refractivity contribution in [3.05, 3.63) is 94.6 Å². The second-order valence-electron chi connectivity index (χ2n) is 8.58. The number of rotatable bonds is 3. The number of H-pyrrole nitrogens is 1. The molecule has 2 aliphatic heterocycles. The van der Waals surface area contributed by atoms with Crippen LogP contribution in [-0.4, -0.2) is 33.4 Å². The maximum Gasteiger partial charge on any atom is 0.302 e. The number of imidazole rings is 1. The van der Waals surface area contributed by atoms with Gasteiger partial charge in [-0.15, -0.1) is 0 Å². The first-order valence-corrected chi connectivity index (χ1v) is 11.1. The van der Waals surface area contributed by atoms with Crippen LogP contribution in [0.25, 0.3) is 16.8 Å². The molecule has 1 aromatic heterocycles. The summed E-state index contributed by atoms with van der Waals surface area (Å²) in [6, 6.07) is 19.4. The predicted octanol–water partition coefficient (Wildman–Crippen LogP) is 4.43. The molecule has 34 heavy (non-hydrogen) atoms. The van der Waals surface area contributed by atoms with Gasteiger partial charge in [0.15, 0.2) is 0 Å². The van der Waals surface area contributed by atoms with Crippen LogP contribution >= 0.6 is 0 Å². The van der Waals surface area contributed by atoms with E-state index in [1.165, 1.54) is 4.90 Å². The zero-order valence-electron chi connectivity index (χ0n) is 18.4. The van der Waals surface area contributed by atoms with Crippen molar-refractivity contribution in [2.75, 3.05) is 11.5 Å². The van der Waals surface area contributed by atoms with Crippen LogP contribution in [-0.2, 0) is 16.0 Å². The number of aliphatic hydroxyl groups excluding tert-OH is 1. The van der Waals surface area contributed by atoms with Crippen molar-refractivity contribution in [2.24, 2.45) is 0 Å². The number of ether oxygens (including phenoxy) is 1. The van der Waals surface area contributed by atoms with Gasteiger partial charge in [0.05, 0.1) is 29.3 Å². The van der Waals surface area contributed by atoms with Crippen LogP contribution in [0.3, 0.4) is 0 Å². The molecule has 0 spiro atoms. The molecule has 1 atom stereocenters. The third kappa shape index (κ3) is 3.08. The molecule has 0 saturated carbocycles. The fourth-order valence-corrected chi connectivity index (χ4v) is 4.72. The quantitative estimate of drug-likeness (QED) is 0.273. The number of aliphatic hydroxyl groups is 1. The molecule has 7 nitrogen and oxygen atoms in total. The van der Waals surface area contributed by atoms with Crippen molar-refractivity contribution >= 4 is 34.4 Å². The number of aryl methyl sites for hydroxylation is 1. The van der Waals surface area contributed by atoms with Gasteiger partial charge in [-0.2, -0.15) is 0 Å². The fraction of sp³-hybridized carbons (Fsp3) is 0.148. The second kappa shape index (κ2) is 7.59. The van der Waals surface area contributed by atoms with E-state index in [2.05, 4.69) is 9.97 Å². The largest absolute Gasteiger partial charge is 0.507 e. The lowest BCUT2D eigenvalue weighted by atomic mass is 9.94. The monoisotopic (exact) mass is 451 g/mol. The van der Waals surface area contributed by atoms with Crippen LogP contribution in [0.1, 0.15) is 28.3 Å². The third-order valence-corrected chi connectivity index (χ3v) is 6.38. The number of aromatic nitrogens is 2. The summed E-state index contributed by atoms with van der Waals surface area (Å²) in [4.78, 5) is 35.7. The van der Waals surface area contributed by atoms with Gasteiger partial charge in [0.1, 0.15) is 11.5 Å². The molecule has 2 aliphatic rings. The molecular formula is C27H21N3O4. The highest BCUT2D eigenvalue weighted by Crippen LogP contribution is 2.42. The molecular weight excluding hydrogens is 430 g/mol. The van der Waals surface area contributed by atoms with Crippen LogP contribution in [0.5, 0.6) is 5.75 Å². The number of amides is 1. The van der Waals surface area contributed by atoms with Crippen molar-refractivity contribution < 1.29 is 19.4 Å². The van der Waals surface area contributed by atoms with E-state index in [0.29, 0.717) is 23.3 Å². The fourth-order valence-electron chi connectivity index (χ4n) is 4.72. The first-order chi connectivity index (χ1) is 16.5. The van der Waals surface area contributed by atoms with Gasteiger partial charge in [-0.3, -0.25) is 14.5 Å². The number of hydrogen-bond donors (Lipinski definition) is 2. The second-order valence-corrected chi connectivity index (χ2v) is 8.58. The molecule has 1 fully saturated rings. The summed E-state index contributed by atoms with van der Waals surface area (Å²) in [5, 5.41) is 11.3. The predicted molar refractivity (Wildman–Crippen MR) is 128 cm³/mol. The Morgan fingerprint density at radius 1 is 1.09 bits per heavy atom. The molecule has 0 aliphatic carbocycles. The SMILES string of the molecule is Cc1ccc2nc(N3C(=O)C(=O)/C(=C(/O)c4ccc5c(c4)CCO5)C3c3ccccc3)[nH]c2c1. The summed E-state index contributed by atoms with van der Waals surface area (Å²) >= 11 is 0. The van der Waals surface area contributed by atoms with Crippen molar-refractivity contribution in [1.29, 1.82) is 0 Å². The van der Waals surface area contributed by atoms with E-state index in [0.717, 1.165) is 28.8 Å². The lowest BCUT2D eigenvalue weighted by molar-refractivity contribution is -0.132. The standard InChI is InChI=1S/C27H21N3O4/c1-15-7-9-19-20(13-15)29-27(28-19)30-23(16-5-3-2-4-6-16)22(25(32)26(30)33)24(31)18-8-10-21-17(14-18)11-12-34-21/h2-10,13-14,23,31H,11-12H2,1H3,(H,28,29)/b24-22+. The number of carbonyl (C=O) groups excluding carboxylic acids is 2. The maximum atomic E-state index is 13.3. The lowest BCUT2D eigenvalue weighted by Gasteiger charge is -2.23.